The van der Waals surface area contributed by atoms with Crippen LogP contribution in [0.1, 0.15) is 17.5 Å². The molecule has 1 heterocycles. The number of amides is 2. The Morgan fingerprint density at radius 1 is 1.03 bits per heavy atom. The Morgan fingerprint density at radius 2 is 1.70 bits per heavy atom. The second-order valence-corrected chi connectivity index (χ2v) is 9.58. The average molecular weight is 530 g/mol. The first kappa shape index (κ1) is 19.7. The summed E-state index contributed by atoms with van der Waals surface area (Å²) in [6, 6.07) is 13.6. The minimum Gasteiger partial charge on any atom is -0.487 e. The van der Waals surface area contributed by atoms with Gasteiger partial charge in [-0.2, -0.15) is 10.1 Å². The quantitative estimate of drug-likeness (QED) is 0.313. The van der Waals surface area contributed by atoms with Crippen LogP contribution in [0.25, 0.3) is 0 Å². The molecule has 2 aromatic carbocycles. The largest absolute Gasteiger partial charge is 0.487 e. The van der Waals surface area contributed by atoms with E-state index in [9.17, 15) is 9.59 Å². The number of halogens is 2. The van der Waals surface area contributed by atoms with Crippen molar-refractivity contribution in [2.45, 2.75) is 13.0 Å². The summed E-state index contributed by atoms with van der Waals surface area (Å²) >= 11 is 7.02. The first-order chi connectivity index (χ1) is 14.5. The third kappa shape index (κ3) is 3.34. The fourth-order valence-electron chi connectivity index (χ4n) is 4.68. The highest BCUT2D eigenvalue weighted by atomic mass is 79.9. The lowest BCUT2D eigenvalue weighted by molar-refractivity contribution is -0.140. The molecule has 2 aliphatic carbocycles. The van der Waals surface area contributed by atoms with Gasteiger partial charge in [0.1, 0.15) is 12.4 Å². The van der Waals surface area contributed by atoms with Gasteiger partial charge in [-0.1, -0.05) is 58.4 Å². The molecule has 0 unspecified atom stereocenters. The van der Waals surface area contributed by atoms with Gasteiger partial charge in [-0.15, -0.1) is 0 Å². The summed E-state index contributed by atoms with van der Waals surface area (Å²) in [4.78, 5) is 25.7. The monoisotopic (exact) mass is 528 g/mol. The van der Waals surface area contributed by atoms with Crippen molar-refractivity contribution >= 4 is 49.9 Å². The van der Waals surface area contributed by atoms with Crippen LogP contribution < -0.4 is 4.74 Å². The lowest BCUT2D eigenvalue weighted by Gasteiger charge is -2.14. The molecule has 3 aliphatic rings. The van der Waals surface area contributed by atoms with E-state index in [1.165, 1.54) is 6.21 Å². The van der Waals surface area contributed by atoms with Gasteiger partial charge in [0.05, 0.1) is 22.5 Å². The van der Waals surface area contributed by atoms with Crippen LogP contribution in [0.15, 0.2) is 68.7 Å². The van der Waals surface area contributed by atoms with E-state index in [4.69, 9.17) is 4.74 Å². The van der Waals surface area contributed by atoms with Gasteiger partial charge < -0.3 is 4.74 Å². The summed E-state index contributed by atoms with van der Waals surface area (Å²) in [6.07, 6.45) is 6.58. The van der Waals surface area contributed by atoms with E-state index < -0.39 is 0 Å². The van der Waals surface area contributed by atoms with Crippen LogP contribution >= 0.6 is 31.9 Å². The Hall–Kier alpha value is -2.25. The molecule has 2 fully saturated rings. The number of hydrogen-bond donors (Lipinski definition) is 0. The minimum absolute atomic E-state index is 0.168. The highest BCUT2D eigenvalue weighted by Gasteiger charge is 2.59. The van der Waals surface area contributed by atoms with Crippen LogP contribution in [0, 0.1) is 23.7 Å². The number of hydrazone groups is 1. The Kier molecular flexibility index (Phi) is 5.11. The van der Waals surface area contributed by atoms with Crippen molar-refractivity contribution in [3.63, 3.8) is 0 Å². The second kappa shape index (κ2) is 7.78. The van der Waals surface area contributed by atoms with Gasteiger partial charge in [0.2, 0.25) is 0 Å². The number of imide groups is 1. The first-order valence-corrected chi connectivity index (χ1v) is 11.4. The highest BCUT2D eigenvalue weighted by molar-refractivity contribution is 9.11. The van der Waals surface area contributed by atoms with Crippen LogP contribution in [0.2, 0.25) is 0 Å². The molecule has 5 nitrogen and oxygen atoms in total. The molecule has 30 heavy (non-hydrogen) atoms. The number of hydrogen-bond acceptors (Lipinski definition) is 4. The van der Waals surface area contributed by atoms with Gasteiger partial charge in [-0.05, 0) is 51.9 Å². The number of carbonyl (C=O) groups excluding carboxylic acids is 2. The van der Waals surface area contributed by atoms with Gasteiger partial charge in [0, 0.05) is 10.0 Å². The summed E-state index contributed by atoms with van der Waals surface area (Å²) in [5.41, 5.74) is 1.71. The van der Waals surface area contributed by atoms with Crippen molar-refractivity contribution < 1.29 is 14.3 Å². The van der Waals surface area contributed by atoms with E-state index in [2.05, 4.69) is 49.1 Å². The standard InChI is InChI=1S/C23H18Br2N2O3/c24-17-9-16(21(18(25)10-17)30-12-13-4-2-1-3-5-13)11-26-27-22(28)19-14-6-7-15(8-14)20(19)23(27)29/h1-7,9-11,14-15,19-20H,8,12H2/b26-11-/t14-,15-,19-,20+/m0/s1. The molecular formula is C23H18Br2N2O3. The molecule has 0 N–H and O–H groups in total. The van der Waals surface area contributed by atoms with Crippen molar-refractivity contribution in [1.29, 1.82) is 0 Å². The van der Waals surface area contributed by atoms with Crippen LogP contribution in [0.5, 0.6) is 5.75 Å². The summed E-state index contributed by atoms with van der Waals surface area (Å²) in [5.74, 6) is 0.0351. The topological polar surface area (TPSA) is 59.0 Å². The molecule has 1 saturated heterocycles. The Bertz CT molecular complexity index is 1050. The van der Waals surface area contributed by atoms with Gasteiger partial charge in [-0.25, -0.2) is 0 Å². The smallest absolute Gasteiger partial charge is 0.254 e. The number of benzene rings is 2. The average Bonchev–Trinajstić information content (AvgIpc) is 3.41. The van der Waals surface area contributed by atoms with E-state index in [1.807, 2.05) is 42.5 Å². The summed E-state index contributed by atoms with van der Waals surface area (Å²) in [7, 11) is 0. The van der Waals surface area contributed by atoms with Crippen molar-refractivity contribution in [3.8, 4) is 5.75 Å². The third-order valence-electron chi connectivity index (χ3n) is 6.02. The van der Waals surface area contributed by atoms with E-state index in [0.717, 1.165) is 25.9 Å². The lowest BCUT2D eigenvalue weighted by atomic mass is 9.85. The number of fused-ring (bicyclic) bond motifs is 5. The van der Waals surface area contributed by atoms with Crippen LogP contribution in [0.3, 0.4) is 0 Å². The Balaban J connectivity index is 1.40. The Labute approximate surface area is 191 Å². The van der Waals surface area contributed by atoms with Crippen LogP contribution in [-0.4, -0.2) is 23.0 Å². The Morgan fingerprint density at radius 3 is 2.37 bits per heavy atom. The molecule has 2 amide bonds. The predicted octanol–water partition coefficient (Wildman–Crippen LogP) is 4.93. The molecule has 1 aliphatic heterocycles. The molecule has 2 bridgehead atoms. The van der Waals surface area contributed by atoms with Crippen molar-refractivity contribution in [1.82, 2.24) is 5.01 Å². The zero-order chi connectivity index (χ0) is 20.8. The van der Waals surface area contributed by atoms with Crippen molar-refractivity contribution in [3.05, 3.63) is 74.7 Å². The van der Waals surface area contributed by atoms with E-state index in [0.29, 0.717) is 17.9 Å². The maximum Gasteiger partial charge on any atom is 0.254 e. The molecule has 1 saturated carbocycles. The van der Waals surface area contributed by atoms with Crippen molar-refractivity contribution in [2.75, 3.05) is 0 Å². The number of allylic oxidation sites excluding steroid dienone is 2. The van der Waals surface area contributed by atoms with Crippen LogP contribution in [-0.2, 0) is 16.2 Å². The van der Waals surface area contributed by atoms with Gasteiger partial charge >= 0.3 is 0 Å². The van der Waals surface area contributed by atoms with E-state index >= 15 is 0 Å². The molecule has 0 aromatic heterocycles. The van der Waals surface area contributed by atoms with Gasteiger partial charge in [-0.3, -0.25) is 9.59 Å². The summed E-state index contributed by atoms with van der Waals surface area (Å²) in [6.45, 7) is 0.392. The molecule has 0 radical (unpaired) electrons. The SMILES string of the molecule is O=C1[C@@H]2[C@H](C(=O)N1/N=C\c1cc(Br)cc(Br)c1OCc1ccccc1)[C@H]1C=C[C@H]2C1. The van der Waals surface area contributed by atoms with E-state index in [-0.39, 0.29) is 35.5 Å². The molecule has 4 atom stereocenters. The molecular weight excluding hydrogens is 512 g/mol. The molecule has 2 aromatic rings. The number of nitrogens with zero attached hydrogens (tertiary/aromatic N) is 2. The lowest BCUT2D eigenvalue weighted by Crippen LogP contribution is -2.28. The molecule has 0 spiro atoms. The molecule has 5 rings (SSSR count). The fourth-order valence-corrected chi connectivity index (χ4v) is 6.05. The normalized spacial score (nSPS) is 26.8. The molecule has 152 valence electrons. The van der Waals surface area contributed by atoms with Gasteiger partial charge in [0.15, 0.2) is 0 Å². The number of ether oxygens (including phenoxy) is 1. The maximum absolute atomic E-state index is 12.8. The fraction of sp³-hybridized carbons (Fsp3) is 0.261. The summed E-state index contributed by atoms with van der Waals surface area (Å²) < 4.78 is 7.63. The van der Waals surface area contributed by atoms with E-state index in [1.54, 1.807) is 0 Å². The highest BCUT2D eigenvalue weighted by Crippen LogP contribution is 2.52. The van der Waals surface area contributed by atoms with Gasteiger partial charge in [0.25, 0.3) is 11.8 Å². The summed E-state index contributed by atoms with van der Waals surface area (Å²) in [5, 5.41) is 5.35. The number of carbonyl (C=O) groups is 2. The maximum atomic E-state index is 12.8. The number of rotatable bonds is 5. The van der Waals surface area contributed by atoms with Crippen LogP contribution in [0.4, 0.5) is 0 Å². The molecule has 7 heteroatoms. The minimum atomic E-state index is -0.257. The zero-order valence-electron chi connectivity index (χ0n) is 15.9. The third-order valence-corrected chi connectivity index (χ3v) is 7.07. The second-order valence-electron chi connectivity index (χ2n) is 7.81. The predicted molar refractivity (Wildman–Crippen MR) is 120 cm³/mol. The zero-order valence-corrected chi connectivity index (χ0v) is 19.0. The first-order valence-electron chi connectivity index (χ1n) is 9.79. The van der Waals surface area contributed by atoms with Crippen molar-refractivity contribution in [2.24, 2.45) is 28.8 Å².